The third-order valence-electron chi connectivity index (χ3n) is 4.95. The number of hydrogen-bond donors (Lipinski definition) is 0. The van der Waals surface area contributed by atoms with Gasteiger partial charge in [0.05, 0.1) is 13.2 Å². The van der Waals surface area contributed by atoms with E-state index in [9.17, 15) is 0 Å². The molecule has 0 spiro atoms. The molecule has 0 aromatic heterocycles. The lowest BCUT2D eigenvalue weighted by Crippen LogP contribution is -2.63. The van der Waals surface area contributed by atoms with E-state index in [1.54, 1.807) is 7.11 Å². The van der Waals surface area contributed by atoms with E-state index in [2.05, 4.69) is 55.5 Å². The fourth-order valence-corrected chi connectivity index (χ4v) is 6.55. The maximum atomic E-state index is 6.64. The van der Waals surface area contributed by atoms with Gasteiger partial charge in [0.25, 0.3) is 0 Å². The Balaban J connectivity index is 2.08. The van der Waals surface area contributed by atoms with Crippen LogP contribution in [0.5, 0.6) is 0 Å². The van der Waals surface area contributed by atoms with Gasteiger partial charge in [-0.25, -0.2) is 0 Å². The average Bonchev–Trinajstić information content (AvgIpc) is 2.76. The van der Waals surface area contributed by atoms with E-state index in [1.165, 1.54) is 38.5 Å². The first-order chi connectivity index (χ1) is 13.8. The zero-order valence-electron chi connectivity index (χ0n) is 17.6. The Labute approximate surface area is 172 Å². The molecule has 4 heteroatoms. The second-order valence-electron chi connectivity index (χ2n) is 7.16. The number of hydrogen-bond acceptors (Lipinski definition) is 3. The molecule has 0 fully saturated rings. The summed E-state index contributed by atoms with van der Waals surface area (Å²) >= 11 is 0. The van der Waals surface area contributed by atoms with E-state index in [1.807, 2.05) is 12.1 Å². The molecule has 2 rings (SSSR count). The molecule has 0 aliphatic heterocycles. The van der Waals surface area contributed by atoms with Crippen LogP contribution in [-0.4, -0.2) is 35.5 Å². The van der Waals surface area contributed by atoms with Crippen LogP contribution in [0.4, 0.5) is 0 Å². The Bertz CT molecular complexity index is 579. The molecule has 2 aromatic rings. The summed E-state index contributed by atoms with van der Waals surface area (Å²) in [6, 6.07) is 20.9. The lowest BCUT2D eigenvalue weighted by molar-refractivity contribution is 0.118. The van der Waals surface area contributed by atoms with E-state index in [0.29, 0.717) is 13.2 Å². The van der Waals surface area contributed by atoms with E-state index >= 15 is 0 Å². The first-order valence-corrected chi connectivity index (χ1v) is 12.5. The van der Waals surface area contributed by atoms with Gasteiger partial charge >= 0.3 is 8.56 Å². The van der Waals surface area contributed by atoms with E-state index in [4.69, 9.17) is 13.6 Å². The highest BCUT2D eigenvalue weighted by Crippen LogP contribution is 2.13. The van der Waals surface area contributed by atoms with Gasteiger partial charge in [-0.05, 0) is 16.8 Å². The van der Waals surface area contributed by atoms with Crippen LogP contribution < -0.4 is 10.4 Å². The maximum Gasteiger partial charge on any atom is 0.407 e. The number of methoxy groups -OCH3 is 1. The lowest BCUT2D eigenvalue weighted by atomic mass is 10.1. The Kier molecular flexibility index (Phi) is 11.1. The summed E-state index contributed by atoms with van der Waals surface area (Å²) in [5.41, 5.74) is 0. The first kappa shape index (κ1) is 22.8. The number of rotatable bonds is 15. The summed E-state index contributed by atoms with van der Waals surface area (Å²) in [4.78, 5) is 0. The van der Waals surface area contributed by atoms with Crippen molar-refractivity contribution in [3.05, 3.63) is 60.7 Å². The maximum absolute atomic E-state index is 6.64. The van der Waals surface area contributed by atoms with Crippen LogP contribution >= 0.6 is 0 Å². The predicted octanol–water partition coefficient (Wildman–Crippen LogP) is 4.67. The second kappa shape index (κ2) is 13.7. The molecule has 0 bridgehead atoms. The highest BCUT2D eigenvalue weighted by molar-refractivity contribution is 6.92. The summed E-state index contributed by atoms with van der Waals surface area (Å²) in [6.45, 7) is 4.09. The smallest absolute Gasteiger partial charge is 0.388 e. The number of ether oxygens (including phenoxy) is 1. The third-order valence-corrected chi connectivity index (χ3v) is 8.36. The molecule has 154 valence electrons. The summed E-state index contributed by atoms with van der Waals surface area (Å²) in [7, 11) is -1.04. The molecule has 0 saturated carbocycles. The molecule has 2 aromatic carbocycles. The van der Waals surface area contributed by atoms with E-state index in [0.717, 1.165) is 23.4 Å². The van der Waals surface area contributed by atoms with Crippen molar-refractivity contribution in [1.82, 2.24) is 0 Å². The Morgan fingerprint density at radius 3 is 1.64 bits per heavy atom. The minimum absolute atomic E-state index is 0.531. The van der Waals surface area contributed by atoms with Crippen molar-refractivity contribution in [2.45, 2.75) is 51.9 Å². The van der Waals surface area contributed by atoms with Crippen molar-refractivity contribution in [2.75, 3.05) is 26.9 Å². The zero-order chi connectivity index (χ0) is 19.9. The van der Waals surface area contributed by atoms with Gasteiger partial charge < -0.3 is 13.6 Å². The standard InChI is InChI=1S/C24H36O3Si/c1-3-4-5-6-7-8-15-20-26-28(27-22-21-25-2,23-16-11-9-12-17-23)24-18-13-10-14-19-24/h9-14,16-19H,3-8,15,20-22H2,1-2H3. The summed E-state index contributed by atoms with van der Waals surface area (Å²) < 4.78 is 18.4. The molecule has 0 N–H and O–H groups in total. The molecular weight excluding hydrogens is 364 g/mol. The highest BCUT2D eigenvalue weighted by atomic mass is 28.4. The Morgan fingerprint density at radius 2 is 1.11 bits per heavy atom. The van der Waals surface area contributed by atoms with Crippen LogP contribution in [-0.2, 0) is 13.6 Å². The van der Waals surface area contributed by atoms with Gasteiger partial charge in [0, 0.05) is 13.7 Å². The monoisotopic (exact) mass is 400 g/mol. The van der Waals surface area contributed by atoms with Gasteiger partial charge in [0.1, 0.15) is 0 Å². The minimum atomic E-state index is -2.75. The van der Waals surface area contributed by atoms with Crippen LogP contribution in [0.1, 0.15) is 51.9 Å². The van der Waals surface area contributed by atoms with E-state index in [-0.39, 0.29) is 0 Å². The fraction of sp³-hybridized carbons (Fsp3) is 0.500. The van der Waals surface area contributed by atoms with Gasteiger partial charge in [0.2, 0.25) is 0 Å². The van der Waals surface area contributed by atoms with Gasteiger partial charge in [-0.2, -0.15) is 0 Å². The first-order valence-electron chi connectivity index (χ1n) is 10.7. The largest absolute Gasteiger partial charge is 0.407 e. The Morgan fingerprint density at radius 1 is 0.607 bits per heavy atom. The van der Waals surface area contributed by atoms with Crippen molar-refractivity contribution in [3.8, 4) is 0 Å². The van der Waals surface area contributed by atoms with Crippen molar-refractivity contribution < 1.29 is 13.6 Å². The van der Waals surface area contributed by atoms with Gasteiger partial charge in [-0.15, -0.1) is 0 Å². The number of benzene rings is 2. The molecule has 0 unspecified atom stereocenters. The van der Waals surface area contributed by atoms with Crippen molar-refractivity contribution in [2.24, 2.45) is 0 Å². The Hall–Kier alpha value is -1.46. The average molecular weight is 401 g/mol. The summed E-state index contributed by atoms with van der Waals surface area (Å²) in [5.74, 6) is 0. The number of unbranched alkanes of at least 4 members (excludes halogenated alkanes) is 6. The fourth-order valence-electron chi connectivity index (χ4n) is 3.40. The second-order valence-corrected chi connectivity index (χ2v) is 10.1. The van der Waals surface area contributed by atoms with Crippen LogP contribution in [0, 0.1) is 0 Å². The highest BCUT2D eigenvalue weighted by Gasteiger charge is 2.42. The third kappa shape index (κ3) is 7.17. The molecule has 0 aliphatic rings. The summed E-state index contributed by atoms with van der Waals surface area (Å²) in [5, 5.41) is 2.31. The molecule has 3 nitrogen and oxygen atoms in total. The van der Waals surface area contributed by atoms with Crippen LogP contribution in [0.15, 0.2) is 60.7 Å². The molecule has 0 heterocycles. The van der Waals surface area contributed by atoms with E-state index < -0.39 is 8.56 Å². The lowest BCUT2D eigenvalue weighted by Gasteiger charge is -2.31. The van der Waals surface area contributed by atoms with Gasteiger partial charge in [-0.3, -0.25) is 0 Å². The van der Waals surface area contributed by atoms with Crippen LogP contribution in [0.3, 0.4) is 0 Å². The predicted molar refractivity (Wildman–Crippen MR) is 120 cm³/mol. The zero-order valence-corrected chi connectivity index (χ0v) is 18.6. The molecule has 0 amide bonds. The SMILES string of the molecule is CCCCCCCCCO[Si](OCCOC)(c1ccccc1)c1ccccc1. The molecule has 0 radical (unpaired) electrons. The topological polar surface area (TPSA) is 27.7 Å². The van der Waals surface area contributed by atoms with Gasteiger partial charge in [0.15, 0.2) is 0 Å². The van der Waals surface area contributed by atoms with Gasteiger partial charge in [-0.1, -0.05) is 106 Å². The normalized spacial score (nSPS) is 11.6. The molecular formula is C24H36O3Si. The van der Waals surface area contributed by atoms with Crippen molar-refractivity contribution >= 4 is 18.9 Å². The minimum Gasteiger partial charge on any atom is -0.388 e. The molecule has 0 aliphatic carbocycles. The van der Waals surface area contributed by atoms with Crippen molar-refractivity contribution in [1.29, 1.82) is 0 Å². The van der Waals surface area contributed by atoms with Crippen LogP contribution in [0.25, 0.3) is 0 Å². The molecule has 0 saturated heterocycles. The molecule has 28 heavy (non-hydrogen) atoms. The van der Waals surface area contributed by atoms with Crippen molar-refractivity contribution in [3.63, 3.8) is 0 Å². The summed E-state index contributed by atoms with van der Waals surface area (Å²) in [6.07, 6.45) is 8.91. The quantitative estimate of drug-likeness (QED) is 0.321. The van der Waals surface area contributed by atoms with Crippen LogP contribution in [0.2, 0.25) is 0 Å². The molecule has 0 atom stereocenters.